The van der Waals surface area contributed by atoms with Crippen LogP contribution in [0.5, 0.6) is 0 Å². The molecule has 2 aliphatic rings. The molecule has 3 nitrogen and oxygen atoms in total. The molecule has 150 valence electrons. The van der Waals surface area contributed by atoms with E-state index >= 15 is 0 Å². The third-order valence-electron chi connectivity index (χ3n) is 4.81. The zero-order valence-corrected chi connectivity index (χ0v) is 18.3. The van der Waals surface area contributed by atoms with E-state index in [0.717, 1.165) is 19.5 Å². The Morgan fingerprint density at radius 1 is 1.22 bits per heavy atom. The molecule has 3 rings (SSSR count). The Labute approximate surface area is 167 Å². The molecule has 0 aliphatic carbocycles. The van der Waals surface area contributed by atoms with Gasteiger partial charge in [-0.05, 0) is 50.6 Å². The summed E-state index contributed by atoms with van der Waals surface area (Å²) in [5, 5.41) is 0. The Hall–Kier alpha value is -1.87. The van der Waals surface area contributed by atoms with E-state index < -0.39 is 0 Å². The summed E-state index contributed by atoms with van der Waals surface area (Å²) < 4.78 is 0. The van der Waals surface area contributed by atoms with E-state index in [1.807, 2.05) is 19.3 Å². The minimum atomic E-state index is 0.574. The zero-order chi connectivity index (χ0) is 20.2. The van der Waals surface area contributed by atoms with Crippen LogP contribution in [0.4, 0.5) is 0 Å². The number of nitrogens with zero attached hydrogens (tertiary/aromatic N) is 3. The van der Waals surface area contributed by atoms with Gasteiger partial charge in [0.2, 0.25) is 0 Å². The molecule has 0 bridgehead atoms. The van der Waals surface area contributed by atoms with E-state index in [1.54, 1.807) is 17.3 Å². The predicted molar refractivity (Wildman–Crippen MR) is 119 cm³/mol. The summed E-state index contributed by atoms with van der Waals surface area (Å²) in [7, 11) is 2.23. The molecule has 0 saturated heterocycles. The minimum Gasteiger partial charge on any atom is -0.348 e. The molecule has 0 radical (unpaired) electrons. The van der Waals surface area contributed by atoms with E-state index in [-0.39, 0.29) is 0 Å². The average molecular weight is 370 g/mol. The van der Waals surface area contributed by atoms with E-state index in [1.165, 1.54) is 30.6 Å². The van der Waals surface area contributed by atoms with Crippen LogP contribution in [0.2, 0.25) is 0 Å². The lowest BCUT2D eigenvalue weighted by atomic mass is 9.97. The molecule has 1 aromatic heterocycles. The Balaban J connectivity index is 0.000000540. The third-order valence-corrected chi connectivity index (χ3v) is 4.81. The number of likely N-dealkylation sites (N-methyl/N-ethyl adjacent to an activating group) is 1. The molecule has 3 heteroatoms. The van der Waals surface area contributed by atoms with Crippen LogP contribution in [0, 0.1) is 5.92 Å². The van der Waals surface area contributed by atoms with Crippen LogP contribution in [-0.4, -0.2) is 41.5 Å². The molecule has 0 N–H and O–H groups in total. The van der Waals surface area contributed by atoms with Gasteiger partial charge in [-0.2, -0.15) is 0 Å². The first-order valence-corrected chi connectivity index (χ1v) is 10.3. The maximum atomic E-state index is 4.10. The minimum absolute atomic E-state index is 0.574. The van der Waals surface area contributed by atoms with E-state index in [0.29, 0.717) is 5.92 Å². The van der Waals surface area contributed by atoms with Crippen LogP contribution in [0.15, 0.2) is 60.2 Å². The summed E-state index contributed by atoms with van der Waals surface area (Å²) in [4.78, 5) is 9.12. The van der Waals surface area contributed by atoms with Crippen LogP contribution in [0.1, 0.15) is 53.0 Å². The van der Waals surface area contributed by atoms with Crippen molar-refractivity contribution < 1.29 is 0 Å². The van der Waals surface area contributed by atoms with Crippen LogP contribution in [-0.2, 0) is 6.42 Å². The molecular formula is C24H39N3. The summed E-state index contributed by atoms with van der Waals surface area (Å²) >= 11 is 0. The summed E-state index contributed by atoms with van der Waals surface area (Å²) in [5.74, 6) is 0.574. The lowest BCUT2D eigenvalue weighted by Crippen LogP contribution is -2.30. The van der Waals surface area contributed by atoms with Gasteiger partial charge in [-0.25, -0.2) is 0 Å². The van der Waals surface area contributed by atoms with E-state index in [2.05, 4.69) is 74.3 Å². The highest BCUT2D eigenvalue weighted by Crippen LogP contribution is 2.40. The fraction of sp³-hybridized carbons (Fsp3) is 0.542. The normalized spacial score (nSPS) is 20.4. The standard InChI is InChI=1S/C18H25N3.C3H8.C3H6/c1-4-17-14(2)16-13-20(3)11-8-18(16)21(17)12-7-15-5-9-19-10-6-15;2*1-3-2/h4-6,9-10,14H,7-8,11-13H2,1-3H3;3H2,1-2H3;3H,1H2,2H3/b17-4+;;. The van der Waals surface area contributed by atoms with Gasteiger partial charge in [0.1, 0.15) is 0 Å². The first-order valence-electron chi connectivity index (χ1n) is 10.3. The number of hydrogen-bond acceptors (Lipinski definition) is 3. The van der Waals surface area contributed by atoms with Gasteiger partial charge in [0.15, 0.2) is 0 Å². The number of aromatic nitrogens is 1. The van der Waals surface area contributed by atoms with E-state index in [9.17, 15) is 0 Å². The van der Waals surface area contributed by atoms with Gasteiger partial charge in [0, 0.05) is 55.8 Å². The number of hydrogen-bond donors (Lipinski definition) is 0. The van der Waals surface area contributed by atoms with Crippen LogP contribution >= 0.6 is 0 Å². The Bertz CT molecular complexity index is 616. The number of allylic oxidation sites excluding steroid dienone is 3. The summed E-state index contributed by atoms with van der Waals surface area (Å²) in [6, 6.07) is 4.25. The SMILES string of the molecule is C/C=C1\C(C)C2=C(CCN(C)C2)N1CCc1ccncc1.C=CC.CCC. The topological polar surface area (TPSA) is 19.4 Å². The third kappa shape index (κ3) is 6.66. The van der Waals surface area contributed by atoms with Gasteiger partial charge in [-0.1, -0.05) is 39.3 Å². The van der Waals surface area contributed by atoms with E-state index in [4.69, 9.17) is 0 Å². The van der Waals surface area contributed by atoms with Gasteiger partial charge in [-0.3, -0.25) is 4.98 Å². The zero-order valence-electron chi connectivity index (χ0n) is 18.3. The van der Waals surface area contributed by atoms with Crippen LogP contribution in [0.3, 0.4) is 0 Å². The maximum Gasteiger partial charge on any atom is 0.0270 e. The van der Waals surface area contributed by atoms with Crippen molar-refractivity contribution in [2.45, 2.75) is 53.9 Å². The van der Waals surface area contributed by atoms with Crippen molar-refractivity contribution in [1.82, 2.24) is 14.8 Å². The lowest BCUT2D eigenvalue weighted by molar-refractivity contribution is 0.322. The molecule has 1 aromatic rings. The Morgan fingerprint density at radius 2 is 1.81 bits per heavy atom. The second kappa shape index (κ2) is 12.5. The molecule has 0 fully saturated rings. The van der Waals surface area contributed by atoms with Gasteiger partial charge in [0.25, 0.3) is 0 Å². The molecule has 0 spiro atoms. The number of rotatable bonds is 3. The molecule has 0 amide bonds. The highest BCUT2D eigenvalue weighted by Gasteiger charge is 2.34. The Kier molecular flexibility index (Phi) is 10.7. The highest BCUT2D eigenvalue weighted by atomic mass is 15.2. The summed E-state index contributed by atoms with van der Waals surface area (Å²) in [6.45, 7) is 17.4. The predicted octanol–water partition coefficient (Wildman–Crippen LogP) is 5.68. The first kappa shape index (κ1) is 23.2. The average Bonchev–Trinajstić information content (AvgIpc) is 2.93. The lowest BCUT2D eigenvalue weighted by Gasteiger charge is -2.29. The van der Waals surface area contributed by atoms with Crippen LogP contribution in [0.25, 0.3) is 0 Å². The van der Waals surface area contributed by atoms with Crippen molar-refractivity contribution >= 4 is 0 Å². The molecule has 2 aliphatic heterocycles. The highest BCUT2D eigenvalue weighted by molar-refractivity contribution is 5.37. The summed E-state index contributed by atoms with van der Waals surface area (Å²) in [5.41, 5.74) is 6.08. The number of pyridine rings is 1. The largest absolute Gasteiger partial charge is 0.348 e. The quantitative estimate of drug-likeness (QED) is 0.639. The van der Waals surface area contributed by atoms with Gasteiger partial charge >= 0.3 is 0 Å². The smallest absolute Gasteiger partial charge is 0.0270 e. The van der Waals surface area contributed by atoms with Crippen molar-refractivity contribution in [2.75, 3.05) is 26.7 Å². The molecular weight excluding hydrogens is 330 g/mol. The molecule has 1 unspecified atom stereocenters. The maximum absolute atomic E-state index is 4.10. The fourth-order valence-corrected chi connectivity index (χ4v) is 3.64. The summed E-state index contributed by atoms with van der Waals surface area (Å²) in [6.07, 6.45) is 11.3. The van der Waals surface area contributed by atoms with Crippen LogP contribution < -0.4 is 0 Å². The first-order chi connectivity index (χ1) is 13.0. The Morgan fingerprint density at radius 3 is 2.37 bits per heavy atom. The molecule has 0 saturated carbocycles. The molecule has 0 aromatic carbocycles. The van der Waals surface area contributed by atoms with Gasteiger partial charge in [-0.15, -0.1) is 6.58 Å². The molecule has 1 atom stereocenters. The fourth-order valence-electron chi connectivity index (χ4n) is 3.64. The second-order valence-corrected chi connectivity index (χ2v) is 7.27. The second-order valence-electron chi connectivity index (χ2n) is 7.27. The van der Waals surface area contributed by atoms with Crippen molar-refractivity contribution in [3.05, 3.63) is 65.8 Å². The molecule has 27 heavy (non-hydrogen) atoms. The monoisotopic (exact) mass is 369 g/mol. The van der Waals surface area contributed by atoms with Crippen molar-refractivity contribution in [1.29, 1.82) is 0 Å². The van der Waals surface area contributed by atoms with Crippen molar-refractivity contribution in [3.8, 4) is 0 Å². The van der Waals surface area contributed by atoms with Gasteiger partial charge < -0.3 is 9.80 Å². The molecule has 3 heterocycles. The van der Waals surface area contributed by atoms with Crippen molar-refractivity contribution in [2.24, 2.45) is 5.92 Å². The van der Waals surface area contributed by atoms with Crippen molar-refractivity contribution in [3.63, 3.8) is 0 Å². The van der Waals surface area contributed by atoms with Gasteiger partial charge in [0.05, 0.1) is 0 Å².